The molecule has 0 unspecified atom stereocenters. The van der Waals surface area contributed by atoms with Gasteiger partial charge >= 0.3 is 7.69 Å². The molecule has 0 saturated carbocycles. The van der Waals surface area contributed by atoms with Crippen LogP contribution in [-0.4, -0.2) is 22.7 Å². The minimum Gasteiger partial charge on any atom is -0.525 e. The van der Waals surface area contributed by atoms with Crippen LogP contribution in [0.25, 0.3) is 11.3 Å². The van der Waals surface area contributed by atoms with E-state index in [9.17, 15) is 0 Å². The Kier molecular flexibility index (Phi) is 2.95. The Morgan fingerprint density at radius 2 is 1.93 bits per heavy atom. The largest absolute Gasteiger partial charge is 0.525 e. The van der Waals surface area contributed by atoms with Gasteiger partial charge in [-0.25, -0.2) is 4.98 Å². The summed E-state index contributed by atoms with van der Waals surface area (Å²) < 4.78 is 4.90. The second kappa shape index (κ2) is 4.57. The number of hydrogen-bond acceptors (Lipinski definition) is 4. The van der Waals surface area contributed by atoms with Crippen molar-refractivity contribution in [2.24, 2.45) is 0 Å². The van der Waals surface area contributed by atoms with Gasteiger partial charge in [0, 0.05) is 18.0 Å². The third-order valence-electron chi connectivity index (χ3n) is 1.91. The molecule has 74 valence electrons. The van der Waals surface area contributed by atoms with Gasteiger partial charge in [0.1, 0.15) is 0 Å². The minimum atomic E-state index is -0.368. The number of rotatable bonds is 3. The zero-order valence-corrected chi connectivity index (χ0v) is 8.00. The molecule has 0 saturated heterocycles. The number of pyridine rings is 2. The molecule has 15 heavy (non-hydrogen) atoms. The van der Waals surface area contributed by atoms with Gasteiger partial charge in [-0.15, -0.1) is 0 Å². The molecule has 2 aromatic rings. The molecule has 0 bridgehead atoms. The molecule has 0 aliphatic rings. The molecule has 0 radical (unpaired) electrons. The van der Waals surface area contributed by atoms with E-state index >= 15 is 0 Å². The lowest BCUT2D eigenvalue weighted by molar-refractivity contribution is 0.443. The summed E-state index contributed by atoms with van der Waals surface area (Å²) in [6, 6.07) is 9.13. The number of nitrogens with zero attached hydrogens (tertiary/aromatic N) is 2. The van der Waals surface area contributed by atoms with Crippen LogP contribution in [-0.2, 0) is 0 Å². The van der Waals surface area contributed by atoms with Crippen LogP contribution in [0.5, 0.6) is 5.88 Å². The highest BCUT2D eigenvalue weighted by atomic mass is 16.5. The van der Waals surface area contributed by atoms with Gasteiger partial charge in [0.05, 0.1) is 5.69 Å². The van der Waals surface area contributed by atoms with Gasteiger partial charge in [-0.2, -0.15) is 0 Å². The van der Waals surface area contributed by atoms with E-state index < -0.39 is 0 Å². The smallest absolute Gasteiger partial charge is 0.505 e. The molecular weight excluding hydrogens is 191 g/mol. The molecule has 4 nitrogen and oxygen atoms in total. The topological polar surface area (TPSA) is 55.2 Å². The van der Waals surface area contributed by atoms with Crippen molar-refractivity contribution in [1.29, 1.82) is 0 Å². The Hall–Kier alpha value is -1.88. The lowest BCUT2D eigenvalue weighted by Crippen LogP contribution is -2.01. The van der Waals surface area contributed by atoms with Crippen LogP contribution >= 0.6 is 0 Å². The third kappa shape index (κ3) is 2.32. The van der Waals surface area contributed by atoms with Crippen molar-refractivity contribution in [3.05, 3.63) is 42.7 Å². The summed E-state index contributed by atoms with van der Waals surface area (Å²) >= 11 is 0. The van der Waals surface area contributed by atoms with Crippen molar-refractivity contribution in [2.45, 2.75) is 0 Å². The van der Waals surface area contributed by atoms with E-state index in [0.717, 1.165) is 11.3 Å². The maximum absolute atomic E-state index is 8.61. The highest BCUT2D eigenvalue weighted by Gasteiger charge is 2.00. The van der Waals surface area contributed by atoms with E-state index in [4.69, 9.17) is 9.68 Å². The maximum atomic E-state index is 8.61. The van der Waals surface area contributed by atoms with E-state index in [-0.39, 0.29) is 7.69 Å². The SMILES string of the molecule is OBOc1cccc(-c2ccncc2)n1. The second-order valence-electron chi connectivity index (χ2n) is 2.87. The standard InChI is InChI=1S/C10H9BN2O2/c14-11-15-10-3-1-2-9(13-10)8-4-6-12-7-5-8/h1-7,11,14H. The second-order valence-corrected chi connectivity index (χ2v) is 2.87. The van der Waals surface area contributed by atoms with Gasteiger partial charge in [0.25, 0.3) is 0 Å². The summed E-state index contributed by atoms with van der Waals surface area (Å²) in [5, 5.41) is 8.61. The van der Waals surface area contributed by atoms with Crippen molar-refractivity contribution < 1.29 is 9.68 Å². The summed E-state index contributed by atoms with van der Waals surface area (Å²) in [7, 11) is -0.368. The van der Waals surface area contributed by atoms with Crippen molar-refractivity contribution in [3.63, 3.8) is 0 Å². The normalized spacial score (nSPS) is 9.67. The zero-order valence-electron chi connectivity index (χ0n) is 8.00. The summed E-state index contributed by atoms with van der Waals surface area (Å²) in [4.78, 5) is 8.15. The quantitative estimate of drug-likeness (QED) is 0.743. The van der Waals surface area contributed by atoms with Crippen LogP contribution in [0.15, 0.2) is 42.7 Å². The predicted octanol–water partition coefficient (Wildman–Crippen LogP) is 0.781. The van der Waals surface area contributed by atoms with Crippen LogP contribution < -0.4 is 4.65 Å². The highest BCUT2D eigenvalue weighted by Crippen LogP contribution is 2.18. The molecule has 0 aliphatic carbocycles. The van der Waals surface area contributed by atoms with Crippen molar-refractivity contribution in [1.82, 2.24) is 9.97 Å². The van der Waals surface area contributed by atoms with E-state index in [0.29, 0.717) is 5.88 Å². The molecule has 0 aliphatic heterocycles. The first-order valence-electron chi connectivity index (χ1n) is 4.51. The first-order valence-corrected chi connectivity index (χ1v) is 4.51. The first-order chi connectivity index (χ1) is 7.40. The Balaban J connectivity index is 2.33. The van der Waals surface area contributed by atoms with E-state index in [1.807, 2.05) is 24.3 Å². The molecular formula is C10H9BN2O2. The fraction of sp³-hybridized carbons (Fsp3) is 0. The monoisotopic (exact) mass is 200 g/mol. The van der Waals surface area contributed by atoms with E-state index in [2.05, 4.69) is 9.97 Å². The molecule has 0 aromatic carbocycles. The van der Waals surface area contributed by atoms with Gasteiger partial charge in [0.2, 0.25) is 0 Å². The summed E-state index contributed by atoms with van der Waals surface area (Å²) in [5.41, 5.74) is 1.76. The van der Waals surface area contributed by atoms with Gasteiger partial charge in [-0.3, -0.25) is 4.98 Å². The Bertz CT molecular complexity index is 436. The van der Waals surface area contributed by atoms with Crippen LogP contribution in [0.3, 0.4) is 0 Å². The van der Waals surface area contributed by atoms with Crippen LogP contribution in [0.2, 0.25) is 0 Å². The van der Waals surface area contributed by atoms with Crippen molar-refractivity contribution >= 4 is 7.69 Å². The Morgan fingerprint density at radius 1 is 1.13 bits per heavy atom. The van der Waals surface area contributed by atoms with Gasteiger partial charge in [0.15, 0.2) is 5.88 Å². The zero-order chi connectivity index (χ0) is 10.5. The average molecular weight is 200 g/mol. The molecule has 2 aromatic heterocycles. The van der Waals surface area contributed by atoms with Crippen LogP contribution in [0.4, 0.5) is 0 Å². The number of aromatic nitrogens is 2. The fourth-order valence-electron chi connectivity index (χ4n) is 1.24. The predicted molar refractivity (Wildman–Crippen MR) is 57.5 cm³/mol. The average Bonchev–Trinajstić information content (AvgIpc) is 2.31. The molecule has 1 N–H and O–H groups in total. The minimum absolute atomic E-state index is 0.368. The van der Waals surface area contributed by atoms with E-state index in [1.165, 1.54) is 0 Å². The molecule has 2 rings (SSSR count). The fourth-order valence-corrected chi connectivity index (χ4v) is 1.24. The lowest BCUT2D eigenvalue weighted by Gasteiger charge is -2.03. The summed E-state index contributed by atoms with van der Waals surface area (Å²) in [5.74, 6) is 0.409. The third-order valence-corrected chi connectivity index (χ3v) is 1.91. The van der Waals surface area contributed by atoms with Crippen LogP contribution in [0.1, 0.15) is 0 Å². The Morgan fingerprint density at radius 3 is 2.67 bits per heavy atom. The summed E-state index contributed by atoms with van der Waals surface area (Å²) in [6.45, 7) is 0. The molecule has 0 spiro atoms. The van der Waals surface area contributed by atoms with Crippen LogP contribution in [0, 0.1) is 0 Å². The lowest BCUT2D eigenvalue weighted by atomic mass is 10.2. The van der Waals surface area contributed by atoms with Gasteiger partial charge in [-0.05, 0) is 24.3 Å². The van der Waals surface area contributed by atoms with E-state index in [1.54, 1.807) is 18.5 Å². The van der Waals surface area contributed by atoms with Gasteiger partial charge < -0.3 is 9.68 Å². The van der Waals surface area contributed by atoms with Gasteiger partial charge in [-0.1, -0.05) is 6.07 Å². The molecule has 0 amide bonds. The summed E-state index contributed by atoms with van der Waals surface area (Å²) in [6.07, 6.45) is 3.41. The molecule has 2 heterocycles. The maximum Gasteiger partial charge on any atom is 0.505 e. The molecule has 5 heteroatoms. The number of hydrogen-bond donors (Lipinski definition) is 1. The highest BCUT2D eigenvalue weighted by molar-refractivity contribution is 6.17. The Labute approximate surface area is 87.9 Å². The molecule has 0 atom stereocenters. The molecule has 0 fully saturated rings. The first kappa shape index (κ1) is 9.67. The van der Waals surface area contributed by atoms with Crippen molar-refractivity contribution in [3.8, 4) is 17.1 Å². The van der Waals surface area contributed by atoms with Crippen molar-refractivity contribution in [2.75, 3.05) is 0 Å².